The van der Waals surface area contributed by atoms with Crippen LogP contribution in [0.3, 0.4) is 0 Å². The van der Waals surface area contributed by atoms with Crippen LogP contribution in [0.1, 0.15) is 34.6 Å². The second-order valence-electron chi connectivity index (χ2n) is 5.91. The number of ether oxygens (including phenoxy) is 1. The van der Waals surface area contributed by atoms with Crippen LogP contribution in [-0.2, 0) is 14.8 Å². The van der Waals surface area contributed by atoms with E-state index in [4.69, 9.17) is 4.74 Å². The fourth-order valence-corrected chi connectivity index (χ4v) is 3.79. The van der Waals surface area contributed by atoms with Crippen molar-refractivity contribution in [2.75, 3.05) is 25.4 Å². The van der Waals surface area contributed by atoms with E-state index in [1.807, 2.05) is 34.6 Å². The minimum atomic E-state index is -3.19. The predicted octanol–water partition coefficient (Wildman–Crippen LogP) is 0.813. The molecule has 6 heteroatoms. The zero-order chi connectivity index (χ0) is 14.0. The van der Waals surface area contributed by atoms with Gasteiger partial charge in [-0.15, -0.1) is 0 Å². The summed E-state index contributed by atoms with van der Waals surface area (Å²) < 4.78 is 31.7. The standard InChI is InChI=1S/C12H26N2O3S/c1-10(2)13-6-7-18(15,16)14-8-11(3)17-12(4,5)9-14/h10-11,13H,6-9H2,1-5H3. The molecule has 1 unspecified atom stereocenters. The number of rotatable bonds is 5. The smallest absolute Gasteiger partial charge is 0.215 e. The molecule has 18 heavy (non-hydrogen) atoms. The SMILES string of the molecule is CC(C)NCCS(=O)(=O)N1CC(C)OC(C)(C)C1. The topological polar surface area (TPSA) is 58.6 Å². The van der Waals surface area contributed by atoms with Gasteiger partial charge >= 0.3 is 0 Å². The van der Waals surface area contributed by atoms with Gasteiger partial charge in [0.2, 0.25) is 10.0 Å². The van der Waals surface area contributed by atoms with E-state index in [-0.39, 0.29) is 11.9 Å². The first-order valence-electron chi connectivity index (χ1n) is 6.51. The molecule has 1 aliphatic rings. The molecule has 0 saturated carbocycles. The Kier molecular flexibility index (Phi) is 5.17. The minimum Gasteiger partial charge on any atom is -0.370 e. The molecule has 108 valence electrons. The molecule has 0 radical (unpaired) electrons. The first kappa shape index (κ1) is 15.9. The van der Waals surface area contributed by atoms with E-state index < -0.39 is 15.6 Å². The second-order valence-corrected chi connectivity index (χ2v) is 7.99. The highest BCUT2D eigenvalue weighted by molar-refractivity contribution is 7.89. The van der Waals surface area contributed by atoms with Crippen LogP contribution in [0.15, 0.2) is 0 Å². The van der Waals surface area contributed by atoms with E-state index >= 15 is 0 Å². The number of nitrogens with zero attached hydrogens (tertiary/aromatic N) is 1. The summed E-state index contributed by atoms with van der Waals surface area (Å²) in [4.78, 5) is 0. The summed E-state index contributed by atoms with van der Waals surface area (Å²) in [6.07, 6.45) is -0.0541. The third kappa shape index (κ3) is 4.84. The van der Waals surface area contributed by atoms with Gasteiger partial charge in [-0.1, -0.05) is 13.8 Å². The maximum atomic E-state index is 12.2. The third-order valence-electron chi connectivity index (χ3n) is 2.84. The summed E-state index contributed by atoms with van der Waals surface area (Å²) in [6.45, 7) is 11.2. The lowest BCUT2D eigenvalue weighted by Crippen LogP contribution is -2.54. The van der Waals surface area contributed by atoms with Crippen molar-refractivity contribution in [3.8, 4) is 0 Å². The lowest BCUT2D eigenvalue weighted by Gasteiger charge is -2.40. The van der Waals surface area contributed by atoms with Crippen molar-refractivity contribution in [1.82, 2.24) is 9.62 Å². The van der Waals surface area contributed by atoms with Crippen LogP contribution >= 0.6 is 0 Å². The van der Waals surface area contributed by atoms with Crippen LogP contribution in [0.25, 0.3) is 0 Å². The van der Waals surface area contributed by atoms with E-state index in [0.717, 1.165) is 0 Å². The van der Waals surface area contributed by atoms with Gasteiger partial charge in [-0.3, -0.25) is 0 Å². The van der Waals surface area contributed by atoms with E-state index in [0.29, 0.717) is 25.7 Å². The van der Waals surface area contributed by atoms with E-state index in [9.17, 15) is 8.42 Å². The Balaban J connectivity index is 2.61. The quantitative estimate of drug-likeness (QED) is 0.808. The van der Waals surface area contributed by atoms with Gasteiger partial charge in [0.05, 0.1) is 17.5 Å². The van der Waals surface area contributed by atoms with Crippen LogP contribution in [0.5, 0.6) is 0 Å². The normalized spacial score (nSPS) is 25.6. The van der Waals surface area contributed by atoms with Crippen LogP contribution < -0.4 is 5.32 Å². The number of morpholine rings is 1. The molecule has 1 saturated heterocycles. The van der Waals surface area contributed by atoms with Gasteiger partial charge in [0.15, 0.2) is 0 Å². The molecule has 0 amide bonds. The van der Waals surface area contributed by atoms with E-state index in [2.05, 4.69) is 5.32 Å². The van der Waals surface area contributed by atoms with Gasteiger partial charge < -0.3 is 10.1 Å². The van der Waals surface area contributed by atoms with E-state index in [1.54, 1.807) is 4.31 Å². The zero-order valence-corrected chi connectivity index (χ0v) is 12.9. The molecule has 0 spiro atoms. The van der Waals surface area contributed by atoms with Crippen molar-refractivity contribution in [3.05, 3.63) is 0 Å². The van der Waals surface area contributed by atoms with Crippen molar-refractivity contribution in [2.24, 2.45) is 0 Å². The first-order valence-corrected chi connectivity index (χ1v) is 8.12. The Morgan fingerprint density at radius 3 is 2.56 bits per heavy atom. The molecule has 0 aromatic heterocycles. The number of sulfonamides is 1. The summed E-state index contributed by atoms with van der Waals surface area (Å²) in [5, 5.41) is 3.14. The van der Waals surface area contributed by atoms with Gasteiger partial charge in [-0.2, -0.15) is 4.31 Å². The Morgan fingerprint density at radius 1 is 1.44 bits per heavy atom. The Hall–Kier alpha value is -0.170. The highest BCUT2D eigenvalue weighted by Crippen LogP contribution is 2.22. The highest BCUT2D eigenvalue weighted by Gasteiger charge is 2.36. The van der Waals surface area contributed by atoms with Crippen molar-refractivity contribution >= 4 is 10.0 Å². The predicted molar refractivity (Wildman–Crippen MR) is 73.1 cm³/mol. The monoisotopic (exact) mass is 278 g/mol. The number of hydrogen-bond donors (Lipinski definition) is 1. The average molecular weight is 278 g/mol. The molecule has 1 rings (SSSR count). The summed E-state index contributed by atoms with van der Waals surface area (Å²) >= 11 is 0. The van der Waals surface area contributed by atoms with Gasteiger partial charge in [-0.25, -0.2) is 8.42 Å². The van der Waals surface area contributed by atoms with Crippen molar-refractivity contribution in [2.45, 2.75) is 52.4 Å². The molecular formula is C12H26N2O3S. The van der Waals surface area contributed by atoms with Crippen LogP contribution in [0, 0.1) is 0 Å². The molecule has 1 aliphatic heterocycles. The lowest BCUT2D eigenvalue weighted by atomic mass is 10.1. The van der Waals surface area contributed by atoms with Crippen molar-refractivity contribution in [1.29, 1.82) is 0 Å². The summed E-state index contributed by atoms with van der Waals surface area (Å²) in [5.74, 6) is 0.147. The van der Waals surface area contributed by atoms with Crippen molar-refractivity contribution < 1.29 is 13.2 Å². The third-order valence-corrected chi connectivity index (χ3v) is 4.63. The summed E-state index contributed by atoms with van der Waals surface area (Å²) in [6, 6.07) is 0.306. The van der Waals surface area contributed by atoms with E-state index in [1.165, 1.54) is 0 Å². The molecule has 0 bridgehead atoms. The average Bonchev–Trinajstić information content (AvgIpc) is 2.13. The molecule has 0 aromatic rings. The first-order chi connectivity index (χ1) is 8.12. The molecule has 1 N–H and O–H groups in total. The van der Waals surface area contributed by atoms with Crippen LogP contribution in [-0.4, -0.2) is 55.9 Å². The van der Waals surface area contributed by atoms with Gasteiger partial charge in [0.1, 0.15) is 0 Å². The molecule has 5 nitrogen and oxygen atoms in total. The molecular weight excluding hydrogens is 252 g/mol. The van der Waals surface area contributed by atoms with Gasteiger partial charge in [-0.05, 0) is 20.8 Å². The molecule has 1 fully saturated rings. The maximum absolute atomic E-state index is 12.2. The fourth-order valence-electron chi connectivity index (χ4n) is 2.21. The van der Waals surface area contributed by atoms with Crippen molar-refractivity contribution in [3.63, 3.8) is 0 Å². The summed E-state index contributed by atoms with van der Waals surface area (Å²) in [5.41, 5.74) is -0.407. The fraction of sp³-hybridized carbons (Fsp3) is 1.00. The number of hydrogen-bond acceptors (Lipinski definition) is 4. The molecule has 1 heterocycles. The number of nitrogens with one attached hydrogen (secondary N) is 1. The Morgan fingerprint density at radius 2 is 2.06 bits per heavy atom. The molecule has 1 atom stereocenters. The second kappa shape index (κ2) is 5.86. The van der Waals surface area contributed by atoms with Gasteiger partial charge in [0, 0.05) is 25.7 Å². The van der Waals surface area contributed by atoms with Crippen LogP contribution in [0.2, 0.25) is 0 Å². The van der Waals surface area contributed by atoms with Gasteiger partial charge in [0.25, 0.3) is 0 Å². The minimum absolute atomic E-state index is 0.0541. The Bertz CT molecular complexity index is 366. The zero-order valence-electron chi connectivity index (χ0n) is 12.1. The maximum Gasteiger partial charge on any atom is 0.215 e. The molecule has 0 aliphatic carbocycles. The summed E-state index contributed by atoms with van der Waals surface area (Å²) in [7, 11) is -3.19. The largest absolute Gasteiger partial charge is 0.370 e. The lowest BCUT2D eigenvalue weighted by molar-refractivity contribution is -0.109. The Labute approximate surface area is 111 Å². The van der Waals surface area contributed by atoms with Crippen LogP contribution in [0.4, 0.5) is 0 Å². The molecule has 0 aromatic carbocycles. The highest BCUT2D eigenvalue weighted by atomic mass is 32.2.